The molecule has 4 atom stereocenters. The molecule has 2 fully saturated rings. The fourth-order valence-electron chi connectivity index (χ4n) is 5.71. The number of rotatable bonds is 11. The molecule has 0 aromatic heterocycles. The number of carbonyl (C=O) groups excluding carboxylic acids is 2. The average molecular weight is 537 g/mol. The van der Waals surface area contributed by atoms with Gasteiger partial charge >= 0.3 is 12.1 Å². The number of ether oxygens (including phenoxy) is 2. The number of likely N-dealkylation sites (tertiary alicyclic amines) is 1. The molecule has 0 spiro atoms. The summed E-state index contributed by atoms with van der Waals surface area (Å²) in [6.45, 7) is 4.32. The van der Waals surface area contributed by atoms with Gasteiger partial charge in [0, 0.05) is 36.6 Å². The van der Waals surface area contributed by atoms with Gasteiger partial charge in [-0.2, -0.15) is 0 Å². The predicted molar refractivity (Wildman–Crippen MR) is 147 cm³/mol. The van der Waals surface area contributed by atoms with E-state index in [0.29, 0.717) is 24.1 Å². The van der Waals surface area contributed by atoms with Gasteiger partial charge < -0.3 is 30.3 Å². The number of halogens is 1. The van der Waals surface area contributed by atoms with Crippen LogP contribution in [0.2, 0.25) is 5.02 Å². The van der Waals surface area contributed by atoms with Gasteiger partial charge in [0.1, 0.15) is 0 Å². The zero-order chi connectivity index (χ0) is 26.6. The van der Waals surface area contributed by atoms with Crippen LogP contribution < -0.4 is 16.0 Å². The largest absolute Gasteiger partial charge is 0.453 e. The van der Waals surface area contributed by atoms with Crippen molar-refractivity contribution in [3.63, 3.8) is 0 Å². The SMILES string of the molecule is CNC[C@H](CC1CCCCC1)NC(=O)N1CCC[C@@H]([C@@H](OCC(C)NC(=O)OC)c2cccc(Cl)c2)C1. The molecule has 1 aliphatic heterocycles. The highest BCUT2D eigenvalue weighted by molar-refractivity contribution is 6.30. The third kappa shape index (κ3) is 9.65. The summed E-state index contributed by atoms with van der Waals surface area (Å²) in [5.41, 5.74) is 0.982. The Labute approximate surface area is 227 Å². The summed E-state index contributed by atoms with van der Waals surface area (Å²) >= 11 is 6.31. The quantitative estimate of drug-likeness (QED) is 0.365. The molecule has 1 aliphatic carbocycles. The van der Waals surface area contributed by atoms with Gasteiger partial charge in [-0.3, -0.25) is 0 Å². The van der Waals surface area contributed by atoms with Crippen LogP contribution in [0.5, 0.6) is 0 Å². The summed E-state index contributed by atoms with van der Waals surface area (Å²) in [6.07, 6.45) is 8.63. The lowest BCUT2D eigenvalue weighted by Crippen LogP contribution is -2.52. The van der Waals surface area contributed by atoms with Crippen LogP contribution in [0.25, 0.3) is 0 Å². The second kappa shape index (κ2) is 15.4. The number of carbonyl (C=O) groups is 2. The zero-order valence-corrected chi connectivity index (χ0v) is 23.4. The number of hydrogen-bond donors (Lipinski definition) is 3. The van der Waals surface area contributed by atoms with Crippen LogP contribution in [0.3, 0.4) is 0 Å². The molecule has 1 aromatic carbocycles. The van der Waals surface area contributed by atoms with E-state index in [1.807, 2.05) is 43.1 Å². The molecule has 9 heteroatoms. The molecule has 1 heterocycles. The van der Waals surface area contributed by atoms with E-state index in [9.17, 15) is 9.59 Å². The van der Waals surface area contributed by atoms with Crippen molar-refractivity contribution in [3.8, 4) is 0 Å². The minimum atomic E-state index is -0.486. The maximum atomic E-state index is 13.4. The van der Waals surface area contributed by atoms with Gasteiger partial charge in [0.15, 0.2) is 0 Å². The van der Waals surface area contributed by atoms with Crippen molar-refractivity contribution in [2.24, 2.45) is 11.8 Å². The fraction of sp³-hybridized carbons (Fsp3) is 0.714. The van der Waals surface area contributed by atoms with Crippen molar-refractivity contribution in [2.75, 3.05) is 40.4 Å². The molecule has 1 unspecified atom stereocenters. The van der Waals surface area contributed by atoms with Crippen molar-refractivity contribution in [1.82, 2.24) is 20.9 Å². The minimum absolute atomic E-state index is 0.00586. The van der Waals surface area contributed by atoms with Crippen molar-refractivity contribution >= 4 is 23.7 Å². The molecular weight excluding hydrogens is 492 g/mol. The van der Waals surface area contributed by atoms with E-state index in [0.717, 1.165) is 37.9 Å². The molecular formula is C28H45ClN4O4. The van der Waals surface area contributed by atoms with Crippen molar-refractivity contribution in [2.45, 2.75) is 76.5 Å². The van der Waals surface area contributed by atoms with Crippen molar-refractivity contribution in [3.05, 3.63) is 34.9 Å². The summed E-state index contributed by atoms with van der Waals surface area (Å²) in [7, 11) is 3.29. The normalized spacial score (nSPS) is 21.1. The Kier molecular flexibility index (Phi) is 12.3. The topological polar surface area (TPSA) is 91.9 Å². The maximum Gasteiger partial charge on any atom is 0.407 e. The lowest BCUT2D eigenvalue weighted by atomic mass is 9.85. The lowest BCUT2D eigenvalue weighted by Gasteiger charge is -2.38. The Morgan fingerprint density at radius 2 is 1.92 bits per heavy atom. The molecule has 1 saturated heterocycles. The highest BCUT2D eigenvalue weighted by atomic mass is 35.5. The number of methoxy groups -OCH3 is 1. The second-order valence-electron chi connectivity index (χ2n) is 10.6. The van der Waals surface area contributed by atoms with Gasteiger partial charge in [-0.15, -0.1) is 0 Å². The Bertz CT molecular complexity index is 851. The summed E-state index contributed by atoms with van der Waals surface area (Å²) in [5.74, 6) is 0.812. The van der Waals surface area contributed by atoms with Gasteiger partial charge in [-0.05, 0) is 56.8 Å². The molecule has 37 heavy (non-hydrogen) atoms. The van der Waals surface area contributed by atoms with Crippen LogP contribution in [0, 0.1) is 11.8 Å². The van der Waals surface area contributed by atoms with Gasteiger partial charge in [-0.25, -0.2) is 9.59 Å². The first-order valence-corrected chi connectivity index (χ1v) is 14.2. The Hall–Kier alpha value is -2.03. The minimum Gasteiger partial charge on any atom is -0.453 e. The van der Waals surface area contributed by atoms with Crippen LogP contribution in [0.15, 0.2) is 24.3 Å². The summed E-state index contributed by atoms with van der Waals surface area (Å²) in [4.78, 5) is 26.9. The van der Waals surface area contributed by atoms with E-state index in [-0.39, 0.29) is 30.1 Å². The van der Waals surface area contributed by atoms with E-state index >= 15 is 0 Å². The molecule has 3 N–H and O–H groups in total. The van der Waals surface area contributed by atoms with Crippen LogP contribution >= 0.6 is 11.6 Å². The summed E-state index contributed by atoms with van der Waals surface area (Å²) in [6, 6.07) is 7.62. The number of hydrogen-bond acceptors (Lipinski definition) is 5. The highest BCUT2D eigenvalue weighted by Gasteiger charge is 2.32. The highest BCUT2D eigenvalue weighted by Crippen LogP contribution is 2.34. The molecule has 2 aliphatic rings. The van der Waals surface area contributed by atoms with E-state index in [1.54, 1.807) is 0 Å². The monoisotopic (exact) mass is 536 g/mol. The first-order valence-electron chi connectivity index (χ1n) is 13.8. The molecule has 1 saturated carbocycles. The van der Waals surface area contributed by atoms with Crippen LogP contribution in [0.1, 0.15) is 70.0 Å². The molecule has 1 aromatic rings. The van der Waals surface area contributed by atoms with E-state index in [1.165, 1.54) is 39.2 Å². The van der Waals surface area contributed by atoms with Gasteiger partial charge in [-0.1, -0.05) is 55.8 Å². The first kappa shape index (κ1) is 29.5. The van der Waals surface area contributed by atoms with Crippen molar-refractivity contribution in [1.29, 1.82) is 0 Å². The molecule has 0 bridgehead atoms. The molecule has 3 rings (SSSR count). The lowest BCUT2D eigenvalue weighted by molar-refractivity contribution is -0.0176. The smallest absolute Gasteiger partial charge is 0.407 e. The number of likely N-dealkylation sites (N-methyl/N-ethyl adjacent to an activating group) is 1. The number of amides is 3. The van der Waals surface area contributed by atoms with Gasteiger partial charge in [0.25, 0.3) is 0 Å². The number of nitrogens with one attached hydrogen (secondary N) is 3. The second-order valence-corrected chi connectivity index (χ2v) is 11.1. The zero-order valence-electron chi connectivity index (χ0n) is 22.6. The fourth-order valence-corrected chi connectivity index (χ4v) is 5.91. The number of alkyl carbamates (subject to hydrolysis) is 1. The summed E-state index contributed by atoms with van der Waals surface area (Å²) < 4.78 is 11.1. The molecule has 8 nitrogen and oxygen atoms in total. The third-order valence-electron chi connectivity index (χ3n) is 7.55. The van der Waals surface area contributed by atoms with Crippen molar-refractivity contribution < 1.29 is 19.1 Å². The first-order chi connectivity index (χ1) is 17.9. The Morgan fingerprint density at radius 1 is 1.14 bits per heavy atom. The number of nitrogens with zero attached hydrogens (tertiary/aromatic N) is 1. The molecule has 3 amide bonds. The van der Waals surface area contributed by atoms with Crippen LogP contribution in [0.4, 0.5) is 9.59 Å². The third-order valence-corrected chi connectivity index (χ3v) is 7.78. The molecule has 208 valence electrons. The predicted octanol–water partition coefficient (Wildman–Crippen LogP) is 5.12. The van der Waals surface area contributed by atoms with Crippen LogP contribution in [-0.4, -0.2) is 69.5 Å². The molecule has 0 radical (unpaired) electrons. The summed E-state index contributed by atoms with van der Waals surface area (Å²) in [5, 5.41) is 9.98. The van der Waals surface area contributed by atoms with E-state index in [2.05, 4.69) is 16.0 Å². The van der Waals surface area contributed by atoms with E-state index < -0.39 is 6.09 Å². The Balaban J connectivity index is 1.65. The van der Waals surface area contributed by atoms with Crippen LogP contribution in [-0.2, 0) is 9.47 Å². The Morgan fingerprint density at radius 3 is 2.62 bits per heavy atom. The standard InChI is InChI=1S/C28H45ClN4O4/c1-20(31-28(35)36-3)19-37-26(22-11-7-13-24(29)16-22)23-12-8-14-33(18-23)27(34)32-25(17-30-2)15-21-9-5-4-6-10-21/h7,11,13,16,20-21,23,25-26,30H,4-6,8-10,12,14-15,17-19H2,1-3H3,(H,31,35)(H,32,34)/t20?,23-,25+,26+/m1/s1. The number of piperidine rings is 1. The number of benzene rings is 1. The number of urea groups is 1. The maximum absolute atomic E-state index is 13.4. The van der Waals surface area contributed by atoms with E-state index in [4.69, 9.17) is 21.1 Å². The van der Waals surface area contributed by atoms with Gasteiger partial charge in [0.05, 0.1) is 25.9 Å². The van der Waals surface area contributed by atoms with Gasteiger partial charge in [0.2, 0.25) is 0 Å². The average Bonchev–Trinajstić information content (AvgIpc) is 2.89.